The maximum Gasteiger partial charge on any atom is 0.337 e. The highest BCUT2D eigenvalue weighted by Crippen LogP contribution is 2.44. The molecule has 186 valence electrons. The molecule has 2 unspecified atom stereocenters. The molecule has 0 saturated carbocycles. The van der Waals surface area contributed by atoms with Gasteiger partial charge in [0, 0.05) is 0 Å². The van der Waals surface area contributed by atoms with Gasteiger partial charge >= 0.3 is 5.97 Å². The van der Waals surface area contributed by atoms with E-state index in [1.54, 1.807) is 54.6 Å². The van der Waals surface area contributed by atoms with Gasteiger partial charge in [-0.1, -0.05) is 83.1 Å². The highest BCUT2D eigenvalue weighted by molar-refractivity contribution is 8.01. The molecule has 0 fully saturated rings. The van der Waals surface area contributed by atoms with Crippen LogP contribution < -0.4 is 20.5 Å². The van der Waals surface area contributed by atoms with Crippen molar-refractivity contribution in [1.29, 1.82) is 0 Å². The molecule has 2 atom stereocenters. The minimum atomic E-state index is -4.23. The molecule has 1 aromatic heterocycles. The summed E-state index contributed by atoms with van der Waals surface area (Å²) in [7, 11) is -3.01. The molecule has 0 saturated heterocycles. The Labute approximate surface area is 217 Å². The molecule has 5 rings (SSSR count). The number of thiazole rings is 1. The third-order valence-corrected chi connectivity index (χ3v) is 9.10. The number of nitrogens with two attached hydrogens (primary N) is 1. The summed E-state index contributed by atoms with van der Waals surface area (Å²) in [5, 5.41) is 0. The molecular weight excluding hydrogens is 508 g/mol. The van der Waals surface area contributed by atoms with Gasteiger partial charge in [-0.2, -0.15) is 0 Å². The lowest BCUT2D eigenvalue weighted by Crippen LogP contribution is -2.42. The van der Waals surface area contributed by atoms with Crippen LogP contribution in [-0.4, -0.2) is 22.2 Å². The second-order valence-electron chi connectivity index (χ2n) is 8.28. The summed E-state index contributed by atoms with van der Waals surface area (Å²) in [6.45, 7) is 0. The molecule has 3 aromatic carbocycles. The quantitative estimate of drug-likeness (QED) is 0.313. The van der Waals surface area contributed by atoms with Crippen LogP contribution in [0, 0.1) is 0 Å². The van der Waals surface area contributed by atoms with Crippen molar-refractivity contribution in [2.24, 2.45) is 5.73 Å². The second kappa shape index (κ2) is 9.78. The molecule has 2 N–H and O–H groups in total. The van der Waals surface area contributed by atoms with Crippen LogP contribution in [0.25, 0.3) is 17.5 Å². The van der Waals surface area contributed by atoms with E-state index in [-0.39, 0.29) is 25.9 Å². The number of ether oxygens (including phenoxy) is 1. The normalized spacial score (nSPS) is 17.3. The molecule has 2 heterocycles. The molecule has 0 aliphatic carbocycles. The predicted molar refractivity (Wildman–Crippen MR) is 143 cm³/mol. The predicted octanol–water partition coefficient (Wildman–Crippen LogP) is 2.63. The number of aromatic nitrogens is 1. The van der Waals surface area contributed by atoms with E-state index in [2.05, 4.69) is 0 Å². The lowest BCUT2D eigenvalue weighted by molar-refractivity contribution is -0.134. The van der Waals surface area contributed by atoms with Crippen molar-refractivity contribution < 1.29 is 18.3 Å². The zero-order valence-electron chi connectivity index (χ0n) is 19.7. The van der Waals surface area contributed by atoms with Gasteiger partial charge in [0.1, 0.15) is 14.9 Å². The fourth-order valence-corrected chi connectivity index (χ4v) is 7.26. The first kappa shape index (κ1) is 24.6. The molecule has 0 spiro atoms. The Hall–Kier alpha value is -4.05. The molecule has 0 radical (unpaired) electrons. The van der Waals surface area contributed by atoms with Crippen LogP contribution in [0.4, 0.5) is 0 Å². The Morgan fingerprint density at radius 3 is 2.16 bits per heavy atom. The van der Waals surface area contributed by atoms with Gasteiger partial charge in [0.15, 0.2) is 15.6 Å². The van der Waals surface area contributed by atoms with E-state index >= 15 is 0 Å². The third-order valence-electron chi connectivity index (χ3n) is 6.08. The highest BCUT2D eigenvalue weighted by atomic mass is 32.3. The number of carbonyl (C=O) groups is 1. The van der Waals surface area contributed by atoms with E-state index in [1.165, 1.54) is 19.2 Å². The summed E-state index contributed by atoms with van der Waals surface area (Å²) in [4.78, 5) is 26.6. The maximum absolute atomic E-state index is 14.0. The molecule has 0 bridgehead atoms. The van der Waals surface area contributed by atoms with Gasteiger partial charge in [0.2, 0.25) is 0 Å². The van der Waals surface area contributed by atoms with Crippen molar-refractivity contribution in [3.05, 3.63) is 127 Å². The number of sulfone groups is 1. The van der Waals surface area contributed by atoms with Crippen LogP contribution in [0.5, 0.6) is 0 Å². The fraction of sp³-hybridized carbons (Fsp3) is 0.0714. The molecule has 37 heavy (non-hydrogen) atoms. The summed E-state index contributed by atoms with van der Waals surface area (Å²) in [5.41, 5.74) is 7.36. The first-order valence-electron chi connectivity index (χ1n) is 11.3. The highest BCUT2D eigenvalue weighted by Gasteiger charge is 2.45. The van der Waals surface area contributed by atoms with E-state index in [0.29, 0.717) is 10.1 Å². The van der Waals surface area contributed by atoms with E-state index < -0.39 is 27.7 Å². The van der Waals surface area contributed by atoms with Crippen molar-refractivity contribution >= 4 is 45.0 Å². The van der Waals surface area contributed by atoms with Gasteiger partial charge in [-0.05, 0) is 29.3 Å². The van der Waals surface area contributed by atoms with E-state index in [9.17, 15) is 18.4 Å². The minimum Gasteiger partial charge on any atom is -0.606 e. The largest absolute Gasteiger partial charge is 0.606 e. The number of hydrogen-bond donors (Lipinski definition) is 1. The fourth-order valence-electron chi connectivity index (χ4n) is 4.39. The lowest BCUT2D eigenvalue weighted by Gasteiger charge is -2.29. The lowest BCUT2D eigenvalue weighted by atomic mass is 9.89. The van der Waals surface area contributed by atoms with Gasteiger partial charge in [-0.25, -0.2) is 9.36 Å². The number of nitrogens with zero attached hydrogens (tertiary/aromatic N) is 1. The van der Waals surface area contributed by atoms with Crippen LogP contribution >= 0.6 is 11.3 Å². The molecule has 0 amide bonds. The van der Waals surface area contributed by atoms with Gasteiger partial charge in [-0.3, -0.25) is 4.79 Å². The van der Waals surface area contributed by atoms with E-state index in [1.807, 2.05) is 30.3 Å². The summed E-state index contributed by atoms with van der Waals surface area (Å²) in [6.07, 6.45) is 1.68. The van der Waals surface area contributed by atoms with Crippen molar-refractivity contribution in [3.8, 4) is 0 Å². The first-order valence-corrected chi connectivity index (χ1v) is 13.6. The number of methoxy groups -OCH3 is 1. The standard InChI is InChI=1S/C28H22N2O5S2/c1-35-28(32)23-22(19-13-7-3-8-14-19)24(37(33,34)20-15-9-4-10-16-20)25(29)30-26(31)21(36-27(23)30)17-18-11-5-2-6-12-18/h2-17,22H,1H3,(H2-,29,33,34)/b21-17+. The first-order chi connectivity index (χ1) is 17.8. The molecule has 9 heteroatoms. The zero-order chi connectivity index (χ0) is 26.2. The monoisotopic (exact) mass is 530 g/mol. The molecule has 4 aromatic rings. The van der Waals surface area contributed by atoms with Crippen LogP contribution in [0.3, 0.4) is 0 Å². The SMILES string of the molecule is COC(=O)C1=c2s/c(=C/c3ccccc3)c(=O)n2C(N)=C([S+](=O)([O-])c2ccccc2)C1c1ccccc1. The van der Waals surface area contributed by atoms with Crippen LogP contribution in [0.2, 0.25) is 0 Å². The van der Waals surface area contributed by atoms with Gasteiger partial charge in [-0.15, -0.1) is 11.3 Å². The summed E-state index contributed by atoms with van der Waals surface area (Å²) in [5.74, 6) is -2.07. The average molecular weight is 531 g/mol. The second-order valence-corrected chi connectivity index (χ2v) is 11.2. The summed E-state index contributed by atoms with van der Waals surface area (Å²) < 4.78 is 34.8. The summed E-state index contributed by atoms with van der Waals surface area (Å²) in [6, 6.07) is 25.8. The Morgan fingerprint density at radius 1 is 1.00 bits per heavy atom. The molecule has 1 aliphatic rings. The van der Waals surface area contributed by atoms with E-state index in [0.717, 1.165) is 21.5 Å². The number of rotatable bonds is 5. The summed E-state index contributed by atoms with van der Waals surface area (Å²) >= 11 is 1.07. The minimum absolute atomic E-state index is 0.000831. The van der Waals surface area contributed by atoms with Crippen molar-refractivity contribution in [2.45, 2.75) is 10.8 Å². The molecular formula is C28H22N2O5S2. The Bertz CT molecular complexity index is 1740. The van der Waals surface area contributed by atoms with Crippen LogP contribution in [0.1, 0.15) is 17.0 Å². The Kier molecular flexibility index (Phi) is 6.51. The van der Waals surface area contributed by atoms with Crippen molar-refractivity contribution in [3.63, 3.8) is 0 Å². The van der Waals surface area contributed by atoms with Crippen molar-refractivity contribution in [2.75, 3.05) is 7.11 Å². The van der Waals surface area contributed by atoms with E-state index in [4.69, 9.17) is 10.5 Å². The molecule has 7 nitrogen and oxygen atoms in total. The van der Waals surface area contributed by atoms with Gasteiger partial charge < -0.3 is 15.0 Å². The van der Waals surface area contributed by atoms with Crippen LogP contribution in [0.15, 0.2) is 106 Å². The number of hydrogen-bond acceptors (Lipinski definition) is 7. The maximum atomic E-state index is 14.0. The Morgan fingerprint density at radius 2 is 1.57 bits per heavy atom. The number of benzene rings is 3. The number of esters is 1. The average Bonchev–Trinajstić information content (AvgIpc) is 3.25. The topological polar surface area (TPSA) is 114 Å². The zero-order valence-corrected chi connectivity index (χ0v) is 21.3. The number of fused-ring (bicyclic) bond motifs is 1. The Balaban J connectivity index is 1.92. The smallest absolute Gasteiger partial charge is 0.337 e. The third kappa shape index (κ3) is 4.27. The number of carbonyl (C=O) groups excluding carboxylic acids is 1. The van der Waals surface area contributed by atoms with Crippen molar-refractivity contribution in [1.82, 2.24) is 4.57 Å². The van der Waals surface area contributed by atoms with Gasteiger partial charge in [0.25, 0.3) is 5.56 Å². The van der Waals surface area contributed by atoms with Gasteiger partial charge in [0.05, 0.1) is 23.1 Å². The van der Waals surface area contributed by atoms with Crippen LogP contribution in [-0.2, 0) is 24.0 Å². The molecule has 1 aliphatic heterocycles. The number of allylic oxidation sites excluding steroid dienone is 1.